The minimum Gasteiger partial charge on any atom is -0.497 e. The maximum Gasteiger partial charge on any atom is 0.230 e. The number of nitrogens with one attached hydrogen (secondary N) is 1. The Labute approximate surface area is 152 Å². The van der Waals surface area contributed by atoms with Crippen LogP contribution in [0.15, 0.2) is 36.7 Å². The van der Waals surface area contributed by atoms with Crippen molar-refractivity contribution < 1.29 is 9.53 Å². The van der Waals surface area contributed by atoms with E-state index in [0.717, 1.165) is 22.7 Å². The molecule has 0 unspecified atom stereocenters. The molecule has 1 amide bonds. The van der Waals surface area contributed by atoms with Gasteiger partial charge in [0, 0.05) is 10.8 Å². The van der Waals surface area contributed by atoms with E-state index in [1.807, 2.05) is 30.3 Å². The summed E-state index contributed by atoms with van der Waals surface area (Å²) in [6.07, 6.45) is 6.63. The zero-order valence-corrected chi connectivity index (χ0v) is 15.2. The van der Waals surface area contributed by atoms with E-state index in [1.165, 1.54) is 32.0 Å². The lowest BCUT2D eigenvalue weighted by molar-refractivity contribution is -0.118. The molecule has 2 aromatic rings. The molecule has 5 nitrogen and oxygen atoms in total. The molecule has 0 saturated heterocycles. The zero-order valence-electron chi connectivity index (χ0n) is 14.4. The van der Waals surface area contributed by atoms with Gasteiger partial charge in [0.1, 0.15) is 12.1 Å². The van der Waals surface area contributed by atoms with Crippen molar-refractivity contribution in [3.05, 3.63) is 42.4 Å². The van der Waals surface area contributed by atoms with Crippen LogP contribution in [0.2, 0.25) is 0 Å². The number of nitrogens with zero attached hydrogens (tertiary/aromatic N) is 2. The molecule has 6 heteroatoms. The molecule has 25 heavy (non-hydrogen) atoms. The number of amides is 1. The third-order valence-electron chi connectivity index (χ3n) is 4.33. The van der Waals surface area contributed by atoms with Crippen LogP contribution in [-0.2, 0) is 11.3 Å². The minimum atomic E-state index is 0.0708. The van der Waals surface area contributed by atoms with Gasteiger partial charge in [0.2, 0.25) is 5.91 Å². The monoisotopic (exact) mass is 357 g/mol. The van der Waals surface area contributed by atoms with Crippen LogP contribution in [0.3, 0.4) is 0 Å². The first-order chi connectivity index (χ1) is 12.2. The van der Waals surface area contributed by atoms with E-state index in [1.54, 1.807) is 18.9 Å². The number of aromatic nitrogens is 2. The summed E-state index contributed by atoms with van der Waals surface area (Å²) in [4.78, 5) is 20.6. The van der Waals surface area contributed by atoms with Gasteiger partial charge in [0.15, 0.2) is 0 Å². The Morgan fingerprint density at radius 1 is 1.24 bits per heavy atom. The molecule has 0 radical (unpaired) electrons. The molecule has 132 valence electrons. The van der Waals surface area contributed by atoms with Crippen LogP contribution in [0.25, 0.3) is 11.3 Å². The third kappa shape index (κ3) is 5.19. The van der Waals surface area contributed by atoms with Crippen LogP contribution in [-0.4, -0.2) is 34.0 Å². The SMILES string of the molecule is COc1ccc(-c2cc(CNC(=O)CSC3CCCC3)ncn2)cc1. The van der Waals surface area contributed by atoms with E-state index in [9.17, 15) is 4.79 Å². The summed E-state index contributed by atoms with van der Waals surface area (Å²) in [5.41, 5.74) is 2.63. The average molecular weight is 357 g/mol. The lowest BCUT2D eigenvalue weighted by atomic mass is 10.1. The molecule has 1 aliphatic rings. The summed E-state index contributed by atoms with van der Waals surface area (Å²) < 4.78 is 5.17. The smallest absolute Gasteiger partial charge is 0.230 e. The molecule has 1 saturated carbocycles. The molecular weight excluding hydrogens is 334 g/mol. The number of benzene rings is 1. The van der Waals surface area contributed by atoms with Gasteiger partial charge in [0.25, 0.3) is 0 Å². The Hall–Kier alpha value is -2.08. The summed E-state index contributed by atoms with van der Waals surface area (Å²) in [5, 5.41) is 3.61. The Kier molecular flexibility index (Phi) is 6.28. The number of hydrogen-bond donors (Lipinski definition) is 1. The summed E-state index contributed by atoms with van der Waals surface area (Å²) in [6, 6.07) is 9.63. The fourth-order valence-corrected chi connectivity index (χ4v) is 4.06. The van der Waals surface area contributed by atoms with Crippen molar-refractivity contribution in [3.63, 3.8) is 0 Å². The number of methoxy groups -OCH3 is 1. The second kappa shape index (κ2) is 8.85. The quantitative estimate of drug-likeness (QED) is 0.822. The highest BCUT2D eigenvalue weighted by molar-refractivity contribution is 8.00. The van der Waals surface area contributed by atoms with Crippen molar-refractivity contribution in [2.24, 2.45) is 0 Å². The van der Waals surface area contributed by atoms with Crippen molar-refractivity contribution in [2.45, 2.75) is 37.5 Å². The van der Waals surface area contributed by atoms with Gasteiger partial charge in [-0.2, -0.15) is 0 Å². The van der Waals surface area contributed by atoms with E-state index >= 15 is 0 Å². The standard InChI is InChI=1S/C19H23N3O2S/c1-24-16-8-6-14(7-9-16)18-10-15(21-13-22-18)11-20-19(23)12-25-17-4-2-3-5-17/h6-10,13,17H,2-5,11-12H2,1H3,(H,20,23). The van der Waals surface area contributed by atoms with Crippen LogP contribution in [0.4, 0.5) is 0 Å². The molecule has 0 aliphatic heterocycles. The second-order valence-corrected chi connectivity index (χ2v) is 7.41. The van der Waals surface area contributed by atoms with Crippen LogP contribution >= 0.6 is 11.8 Å². The molecule has 0 atom stereocenters. The highest BCUT2D eigenvalue weighted by Gasteiger charge is 2.16. The number of carbonyl (C=O) groups is 1. The van der Waals surface area contributed by atoms with E-state index < -0.39 is 0 Å². The number of thioether (sulfide) groups is 1. The Balaban J connectivity index is 1.53. The van der Waals surface area contributed by atoms with Gasteiger partial charge in [-0.25, -0.2) is 9.97 Å². The normalized spacial score (nSPS) is 14.4. The Bertz CT molecular complexity index is 700. The van der Waals surface area contributed by atoms with Gasteiger partial charge < -0.3 is 10.1 Å². The van der Waals surface area contributed by atoms with E-state index in [2.05, 4.69) is 15.3 Å². The number of ether oxygens (including phenoxy) is 1. The fraction of sp³-hybridized carbons (Fsp3) is 0.421. The first kappa shape index (κ1) is 17.7. The zero-order chi connectivity index (χ0) is 17.5. The van der Waals surface area contributed by atoms with Gasteiger partial charge in [0.05, 0.1) is 30.8 Å². The highest BCUT2D eigenvalue weighted by atomic mass is 32.2. The lowest BCUT2D eigenvalue weighted by Crippen LogP contribution is -2.25. The molecule has 1 N–H and O–H groups in total. The second-order valence-electron chi connectivity index (χ2n) is 6.12. The number of hydrogen-bond acceptors (Lipinski definition) is 5. The lowest BCUT2D eigenvalue weighted by Gasteiger charge is -2.09. The number of carbonyl (C=O) groups excluding carboxylic acids is 1. The molecule has 1 aliphatic carbocycles. The summed E-state index contributed by atoms with van der Waals surface area (Å²) in [6.45, 7) is 0.426. The van der Waals surface area contributed by atoms with Gasteiger partial charge >= 0.3 is 0 Å². The molecule has 0 bridgehead atoms. The van der Waals surface area contributed by atoms with Crippen LogP contribution < -0.4 is 10.1 Å². The summed E-state index contributed by atoms with van der Waals surface area (Å²) in [5.74, 6) is 1.41. The fourth-order valence-electron chi connectivity index (χ4n) is 2.90. The van der Waals surface area contributed by atoms with Crippen molar-refractivity contribution in [3.8, 4) is 17.0 Å². The highest BCUT2D eigenvalue weighted by Crippen LogP contribution is 2.29. The molecule has 1 aromatic heterocycles. The number of rotatable bonds is 7. The van der Waals surface area contributed by atoms with Crippen molar-refractivity contribution in [1.29, 1.82) is 0 Å². The maximum atomic E-state index is 12.0. The topological polar surface area (TPSA) is 64.1 Å². The first-order valence-corrected chi connectivity index (χ1v) is 9.63. The van der Waals surface area contributed by atoms with Crippen molar-refractivity contribution in [2.75, 3.05) is 12.9 Å². The summed E-state index contributed by atoms with van der Waals surface area (Å²) >= 11 is 1.77. The van der Waals surface area contributed by atoms with Gasteiger partial charge in [-0.15, -0.1) is 11.8 Å². The largest absolute Gasteiger partial charge is 0.497 e. The third-order valence-corrected chi connectivity index (χ3v) is 5.70. The molecule has 1 aromatic carbocycles. The average Bonchev–Trinajstić information content (AvgIpc) is 3.19. The Morgan fingerprint density at radius 3 is 2.72 bits per heavy atom. The van der Waals surface area contributed by atoms with Crippen LogP contribution in [0, 0.1) is 0 Å². The van der Waals surface area contributed by atoms with Crippen molar-refractivity contribution >= 4 is 17.7 Å². The maximum absolute atomic E-state index is 12.0. The van der Waals surface area contributed by atoms with E-state index in [-0.39, 0.29) is 5.91 Å². The predicted molar refractivity (Wildman–Crippen MR) is 101 cm³/mol. The molecular formula is C19H23N3O2S. The predicted octanol–water partition coefficient (Wildman–Crippen LogP) is 3.44. The van der Waals surface area contributed by atoms with Crippen molar-refractivity contribution in [1.82, 2.24) is 15.3 Å². The molecule has 0 spiro atoms. The minimum absolute atomic E-state index is 0.0708. The van der Waals surface area contributed by atoms with Gasteiger partial charge in [-0.05, 0) is 43.2 Å². The van der Waals surface area contributed by atoms with E-state index in [4.69, 9.17) is 4.74 Å². The molecule has 1 heterocycles. The van der Waals surface area contributed by atoms with Crippen LogP contribution in [0.5, 0.6) is 5.75 Å². The van der Waals surface area contributed by atoms with E-state index in [0.29, 0.717) is 17.5 Å². The molecule has 3 rings (SSSR count). The Morgan fingerprint density at radius 2 is 2.00 bits per heavy atom. The first-order valence-electron chi connectivity index (χ1n) is 8.58. The van der Waals surface area contributed by atoms with Gasteiger partial charge in [-0.3, -0.25) is 4.79 Å². The van der Waals surface area contributed by atoms with Gasteiger partial charge in [-0.1, -0.05) is 12.8 Å². The summed E-state index contributed by atoms with van der Waals surface area (Å²) in [7, 11) is 1.64. The molecule has 1 fully saturated rings. The van der Waals surface area contributed by atoms with Crippen LogP contribution in [0.1, 0.15) is 31.4 Å².